The first kappa shape index (κ1) is 15.8. The fourth-order valence-electron chi connectivity index (χ4n) is 1.87. The summed E-state index contributed by atoms with van der Waals surface area (Å²) in [5.74, 6) is 0.844. The minimum atomic E-state index is -3.86. The van der Waals surface area contributed by atoms with Crippen molar-refractivity contribution in [3.8, 4) is 5.75 Å². The van der Waals surface area contributed by atoms with Crippen molar-refractivity contribution in [3.05, 3.63) is 35.9 Å². The van der Waals surface area contributed by atoms with Gasteiger partial charge in [0.1, 0.15) is 23.6 Å². The predicted molar refractivity (Wildman–Crippen MR) is 78.9 cm³/mol. The molecule has 6 nitrogen and oxygen atoms in total. The first-order valence-corrected chi connectivity index (χ1v) is 8.77. The minimum Gasteiger partial charge on any atom is -0.484 e. The maximum Gasteiger partial charge on any atom is 0.264 e. The Kier molecular flexibility index (Phi) is 4.84. The minimum absolute atomic E-state index is 0.0364. The van der Waals surface area contributed by atoms with E-state index in [0.29, 0.717) is 5.82 Å². The summed E-state index contributed by atoms with van der Waals surface area (Å²) in [6.45, 7) is 4.67. The van der Waals surface area contributed by atoms with Crippen LogP contribution in [0, 0.1) is 6.92 Å². The molecule has 0 atom stereocenters. The molecule has 1 aromatic carbocycles. The maximum absolute atomic E-state index is 11.6. The quantitative estimate of drug-likeness (QED) is 0.761. The molecular weight excluding hydrogens is 314 g/mol. The highest BCUT2D eigenvalue weighted by Gasteiger charge is 2.18. The molecule has 0 fully saturated rings. The molecule has 2 aromatic rings. The predicted octanol–water partition coefficient (Wildman–Crippen LogP) is 2.50. The molecule has 21 heavy (non-hydrogen) atoms. The van der Waals surface area contributed by atoms with E-state index in [1.807, 2.05) is 6.92 Å². The van der Waals surface area contributed by atoms with Crippen LogP contribution in [0.25, 0.3) is 0 Å². The van der Waals surface area contributed by atoms with Crippen LogP contribution in [0.2, 0.25) is 0 Å². The Labute approximate surface area is 128 Å². The number of benzene rings is 1. The monoisotopic (exact) mass is 329 g/mol. The molecule has 0 amide bonds. The summed E-state index contributed by atoms with van der Waals surface area (Å²) in [7, 11) is 1.57. The number of ether oxygens (including phenoxy) is 1. The van der Waals surface area contributed by atoms with E-state index in [1.54, 1.807) is 23.7 Å². The zero-order valence-electron chi connectivity index (χ0n) is 11.8. The van der Waals surface area contributed by atoms with E-state index in [4.69, 9.17) is 15.4 Å². The molecule has 8 heteroatoms. The molecule has 1 heterocycles. The summed E-state index contributed by atoms with van der Waals surface area (Å²) in [4.78, 5) is 4.07. The van der Waals surface area contributed by atoms with Crippen LogP contribution in [0.5, 0.6) is 5.75 Å². The number of hydrogen-bond acceptors (Lipinski definition) is 5. The van der Waals surface area contributed by atoms with E-state index in [0.717, 1.165) is 18.5 Å². The fourth-order valence-corrected chi connectivity index (χ4v) is 2.92. The molecule has 1 aromatic heterocycles. The first-order chi connectivity index (χ1) is 9.91. The molecule has 0 aliphatic heterocycles. The van der Waals surface area contributed by atoms with Crippen molar-refractivity contribution < 1.29 is 13.2 Å². The first-order valence-electron chi connectivity index (χ1n) is 6.46. The second-order valence-corrected chi connectivity index (χ2v) is 7.11. The third-order valence-corrected chi connectivity index (χ3v) is 4.19. The average Bonchev–Trinajstić information content (AvgIpc) is 2.84. The number of nitrogens with zero attached hydrogens (tertiary/aromatic N) is 3. The molecule has 0 aliphatic carbocycles. The zero-order chi connectivity index (χ0) is 15.5. The topological polar surface area (TPSA) is 74.1 Å². The highest BCUT2D eigenvalue weighted by Crippen LogP contribution is 2.28. The molecule has 0 saturated carbocycles. The van der Waals surface area contributed by atoms with Crippen molar-refractivity contribution in [2.75, 3.05) is 0 Å². The third-order valence-electron chi connectivity index (χ3n) is 2.85. The molecule has 0 aliphatic rings. The Hall–Kier alpha value is -1.60. The molecule has 0 N–H and O–H groups in total. The van der Waals surface area contributed by atoms with Gasteiger partial charge in [-0.2, -0.15) is 5.10 Å². The van der Waals surface area contributed by atoms with Crippen molar-refractivity contribution >= 4 is 19.7 Å². The van der Waals surface area contributed by atoms with Crippen LogP contribution >= 0.6 is 10.7 Å². The number of halogens is 1. The lowest BCUT2D eigenvalue weighted by Gasteiger charge is -2.10. The van der Waals surface area contributed by atoms with Gasteiger partial charge in [-0.1, -0.05) is 13.0 Å². The SMILES string of the molecule is CCCn1ncnc1COc1ccc(C)cc1S(=O)(=O)Cl. The summed E-state index contributed by atoms with van der Waals surface area (Å²) >= 11 is 0. The van der Waals surface area contributed by atoms with Crippen molar-refractivity contribution in [2.24, 2.45) is 0 Å². The van der Waals surface area contributed by atoms with Crippen LogP contribution in [0.15, 0.2) is 29.4 Å². The highest BCUT2D eigenvalue weighted by molar-refractivity contribution is 8.13. The van der Waals surface area contributed by atoms with Crippen LogP contribution < -0.4 is 4.74 Å². The van der Waals surface area contributed by atoms with Gasteiger partial charge in [-0.15, -0.1) is 0 Å². The largest absolute Gasteiger partial charge is 0.484 e. The lowest BCUT2D eigenvalue weighted by atomic mass is 10.2. The fraction of sp³-hybridized carbons (Fsp3) is 0.385. The summed E-state index contributed by atoms with van der Waals surface area (Å²) in [5.41, 5.74) is 0.788. The van der Waals surface area contributed by atoms with Gasteiger partial charge in [0.05, 0.1) is 0 Å². The van der Waals surface area contributed by atoms with E-state index in [-0.39, 0.29) is 17.3 Å². The van der Waals surface area contributed by atoms with E-state index < -0.39 is 9.05 Å². The standard InChI is InChI=1S/C13H16ClN3O3S/c1-3-6-17-13(15-9-16-17)8-20-11-5-4-10(2)7-12(11)21(14,18)19/h4-5,7,9H,3,6,8H2,1-2H3. The van der Waals surface area contributed by atoms with Gasteiger partial charge >= 0.3 is 0 Å². The highest BCUT2D eigenvalue weighted by atomic mass is 35.7. The second-order valence-electron chi connectivity index (χ2n) is 4.58. The van der Waals surface area contributed by atoms with Crippen LogP contribution in [0.1, 0.15) is 24.7 Å². The molecule has 2 rings (SSSR count). The smallest absolute Gasteiger partial charge is 0.264 e. The summed E-state index contributed by atoms with van der Waals surface area (Å²) in [6.07, 6.45) is 2.37. The lowest BCUT2D eigenvalue weighted by Crippen LogP contribution is -2.09. The van der Waals surface area contributed by atoms with Gasteiger partial charge < -0.3 is 4.74 Å². The van der Waals surface area contributed by atoms with Crippen molar-refractivity contribution in [2.45, 2.75) is 38.3 Å². The maximum atomic E-state index is 11.6. The van der Waals surface area contributed by atoms with E-state index in [9.17, 15) is 8.42 Å². The molecule has 0 saturated heterocycles. The zero-order valence-corrected chi connectivity index (χ0v) is 13.4. The van der Waals surface area contributed by atoms with Gasteiger partial charge in [-0.05, 0) is 31.0 Å². The summed E-state index contributed by atoms with van der Waals surface area (Å²) in [5, 5.41) is 4.08. The van der Waals surface area contributed by atoms with Gasteiger partial charge in [0, 0.05) is 17.2 Å². The third kappa shape index (κ3) is 3.95. The molecular formula is C13H16ClN3O3S. The van der Waals surface area contributed by atoms with Crippen LogP contribution in [0.4, 0.5) is 0 Å². The average molecular weight is 330 g/mol. The lowest BCUT2D eigenvalue weighted by molar-refractivity contribution is 0.279. The number of hydrogen-bond donors (Lipinski definition) is 0. The second kappa shape index (κ2) is 6.44. The summed E-state index contributed by atoms with van der Waals surface area (Å²) in [6, 6.07) is 4.83. The van der Waals surface area contributed by atoms with Gasteiger partial charge in [0.15, 0.2) is 5.82 Å². The molecule has 0 spiro atoms. The van der Waals surface area contributed by atoms with Crippen molar-refractivity contribution in [3.63, 3.8) is 0 Å². The van der Waals surface area contributed by atoms with Gasteiger partial charge in [0.25, 0.3) is 9.05 Å². The molecule has 0 unspecified atom stereocenters. The van der Waals surface area contributed by atoms with E-state index in [1.165, 1.54) is 12.4 Å². The van der Waals surface area contributed by atoms with Crippen LogP contribution in [-0.2, 0) is 22.2 Å². The van der Waals surface area contributed by atoms with Gasteiger partial charge in [-0.25, -0.2) is 18.1 Å². The Morgan fingerprint density at radius 1 is 1.38 bits per heavy atom. The van der Waals surface area contributed by atoms with Gasteiger partial charge in [0.2, 0.25) is 0 Å². The normalized spacial score (nSPS) is 11.6. The summed E-state index contributed by atoms with van der Waals surface area (Å²) < 4.78 is 30.5. The van der Waals surface area contributed by atoms with Crippen LogP contribution in [-0.4, -0.2) is 23.2 Å². The molecule has 114 valence electrons. The Bertz CT molecular complexity index is 728. The van der Waals surface area contributed by atoms with Crippen LogP contribution in [0.3, 0.4) is 0 Å². The van der Waals surface area contributed by atoms with Gasteiger partial charge in [-0.3, -0.25) is 0 Å². The Morgan fingerprint density at radius 2 is 2.14 bits per heavy atom. The Balaban J connectivity index is 2.22. The van der Waals surface area contributed by atoms with E-state index in [2.05, 4.69) is 10.1 Å². The molecule has 0 bridgehead atoms. The molecule has 0 radical (unpaired) electrons. The van der Waals surface area contributed by atoms with Crippen molar-refractivity contribution in [1.29, 1.82) is 0 Å². The van der Waals surface area contributed by atoms with E-state index >= 15 is 0 Å². The van der Waals surface area contributed by atoms with Crippen molar-refractivity contribution in [1.82, 2.24) is 14.8 Å². The number of aryl methyl sites for hydroxylation is 2. The number of rotatable bonds is 6. The Morgan fingerprint density at radius 3 is 2.81 bits per heavy atom. The number of aromatic nitrogens is 3.